The van der Waals surface area contributed by atoms with E-state index in [4.69, 9.17) is 0 Å². The standard InChI is InChI=1S/C13H15BrN2O2/c1-2-4-11-13(18)16(8-12(17)15-11)10-6-3-5-9(14)7-10/h3,5-7,11H,2,4,8H2,1H3,(H,15,17). The van der Waals surface area contributed by atoms with Crippen LogP contribution in [-0.4, -0.2) is 24.4 Å². The first-order chi connectivity index (χ1) is 8.61. The first-order valence-electron chi connectivity index (χ1n) is 5.98. The fourth-order valence-corrected chi connectivity index (χ4v) is 2.45. The summed E-state index contributed by atoms with van der Waals surface area (Å²) >= 11 is 3.37. The van der Waals surface area contributed by atoms with Gasteiger partial charge in [0.2, 0.25) is 11.8 Å². The number of rotatable bonds is 3. The van der Waals surface area contributed by atoms with E-state index in [1.165, 1.54) is 0 Å². The molecule has 4 nitrogen and oxygen atoms in total. The van der Waals surface area contributed by atoms with Crippen molar-refractivity contribution in [1.82, 2.24) is 5.32 Å². The number of anilines is 1. The number of hydrogen-bond donors (Lipinski definition) is 1. The molecule has 1 aromatic rings. The number of nitrogens with one attached hydrogen (secondary N) is 1. The lowest BCUT2D eigenvalue weighted by atomic mass is 10.1. The Labute approximate surface area is 114 Å². The first-order valence-corrected chi connectivity index (χ1v) is 6.77. The van der Waals surface area contributed by atoms with Crippen LogP contribution in [0.15, 0.2) is 28.7 Å². The van der Waals surface area contributed by atoms with E-state index in [0.717, 1.165) is 16.6 Å². The second-order valence-electron chi connectivity index (χ2n) is 4.31. The third kappa shape index (κ3) is 2.72. The van der Waals surface area contributed by atoms with Crippen molar-refractivity contribution in [3.8, 4) is 0 Å². The molecule has 1 aliphatic heterocycles. The molecular formula is C13H15BrN2O2. The minimum absolute atomic E-state index is 0.0328. The van der Waals surface area contributed by atoms with Crippen LogP contribution in [0.25, 0.3) is 0 Å². The van der Waals surface area contributed by atoms with Crippen LogP contribution in [0.1, 0.15) is 19.8 Å². The zero-order valence-electron chi connectivity index (χ0n) is 10.1. The normalized spacial score (nSPS) is 19.9. The lowest BCUT2D eigenvalue weighted by molar-refractivity contribution is -0.131. The molecule has 0 bridgehead atoms. The summed E-state index contributed by atoms with van der Waals surface area (Å²) in [6, 6.07) is 7.04. The van der Waals surface area contributed by atoms with E-state index >= 15 is 0 Å². The predicted octanol–water partition coefficient (Wildman–Crippen LogP) is 2.08. The van der Waals surface area contributed by atoms with Crippen LogP contribution in [0.4, 0.5) is 5.69 Å². The molecule has 0 aliphatic carbocycles. The molecule has 1 atom stereocenters. The molecule has 1 N–H and O–H groups in total. The summed E-state index contributed by atoms with van der Waals surface area (Å²) in [6.07, 6.45) is 1.54. The topological polar surface area (TPSA) is 49.4 Å². The highest BCUT2D eigenvalue weighted by molar-refractivity contribution is 9.10. The van der Waals surface area contributed by atoms with Crippen LogP contribution in [0.2, 0.25) is 0 Å². The highest BCUT2D eigenvalue weighted by Crippen LogP contribution is 2.22. The monoisotopic (exact) mass is 310 g/mol. The molecule has 1 aromatic carbocycles. The molecule has 1 unspecified atom stereocenters. The van der Waals surface area contributed by atoms with Gasteiger partial charge in [-0.05, 0) is 24.6 Å². The van der Waals surface area contributed by atoms with Crippen LogP contribution in [0.3, 0.4) is 0 Å². The maximum atomic E-state index is 12.3. The number of nitrogens with zero attached hydrogens (tertiary/aromatic N) is 1. The Bertz CT molecular complexity index is 476. The number of halogens is 1. The van der Waals surface area contributed by atoms with Gasteiger partial charge in [0.05, 0.1) is 0 Å². The second kappa shape index (κ2) is 5.52. The van der Waals surface area contributed by atoms with Crippen LogP contribution >= 0.6 is 15.9 Å². The number of piperazine rings is 1. The molecule has 0 saturated carbocycles. The van der Waals surface area contributed by atoms with Gasteiger partial charge in [0.1, 0.15) is 12.6 Å². The summed E-state index contributed by atoms with van der Waals surface area (Å²) in [4.78, 5) is 25.5. The zero-order chi connectivity index (χ0) is 13.1. The lowest BCUT2D eigenvalue weighted by Gasteiger charge is -2.32. The molecular weight excluding hydrogens is 296 g/mol. The minimum Gasteiger partial charge on any atom is -0.343 e. The van der Waals surface area contributed by atoms with Gasteiger partial charge in [0.25, 0.3) is 0 Å². The Morgan fingerprint density at radius 1 is 1.44 bits per heavy atom. The summed E-state index contributed by atoms with van der Waals surface area (Å²) in [5.41, 5.74) is 0.755. The van der Waals surface area contributed by atoms with E-state index in [-0.39, 0.29) is 18.4 Å². The summed E-state index contributed by atoms with van der Waals surface area (Å²) in [7, 11) is 0. The van der Waals surface area contributed by atoms with Gasteiger partial charge in [0.15, 0.2) is 0 Å². The highest BCUT2D eigenvalue weighted by Gasteiger charge is 2.32. The predicted molar refractivity (Wildman–Crippen MR) is 73.3 cm³/mol. The summed E-state index contributed by atoms with van der Waals surface area (Å²) in [5.74, 6) is -0.137. The molecule has 0 spiro atoms. The SMILES string of the molecule is CCCC1NC(=O)CN(c2cccc(Br)c2)C1=O. The second-order valence-corrected chi connectivity index (χ2v) is 5.23. The van der Waals surface area contributed by atoms with E-state index < -0.39 is 6.04 Å². The average Bonchev–Trinajstić information content (AvgIpc) is 2.33. The molecule has 1 heterocycles. The number of hydrogen-bond acceptors (Lipinski definition) is 2. The quantitative estimate of drug-likeness (QED) is 0.929. The lowest BCUT2D eigenvalue weighted by Crippen LogP contribution is -2.58. The van der Waals surface area contributed by atoms with Crippen LogP contribution in [0, 0.1) is 0 Å². The molecule has 2 rings (SSSR count). The Kier molecular flexibility index (Phi) is 4.01. The molecule has 0 radical (unpaired) electrons. The fraction of sp³-hybridized carbons (Fsp3) is 0.385. The third-order valence-electron chi connectivity index (χ3n) is 2.90. The van der Waals surface area contributed by atoms with Crippen molar-refractivity contribution in [3.05, 3.63) is 28.7 Å². The van der Waals surface area contributed by atoms with Gasteiger partial charge >= 0.3 is 0 Å². The Balaban J connectivity index is 2.26. The molecule has 5 heteroatoms. The molecule has 1 fully saturated rings. The number of benzene rings is 1. The molecule has 2 amide bonds. The number of carbonyl (C=O) groups is 2. The van der Waals surface area contributed by atoms with E-state index in [0.29, 0.717) is 6.42 Å². The summed E-state index contributed by atoms with van der Waals surface area (Å²) in [5, 5.41) is 2.74. The van der Waals surface area contributed by atoms with Crippen molar-refractivity contribution in [2.45, 2.75) is 25.8 Å². The largest absolute Gasteiger partial charge is 0.343 e. The van der Waals surface area contributed by atoms with Crippen molar-refractivity contribution in [2.75, 3.05) is 11.4 Å². The van der Waals surface area contributed by atoms with Crippen molar-refractivity contribution < 1.29 is 9.59 Å². The number of carbonyl (C=O) groups excluding carboxylic acids is 2. The van der Waals surface area contributed by atoms with Gasteiger partial charge in [-0.3, -0.25) is 9.59 Å². The zero-order valence-corrected chi connectivity index (χ0v) is 11.7. The van der Waals surface area contributed by atoms with E-state index in [2.05, 4.69) is 21.2 Å². The third-order valence-corrected chi connectivity index (χ3v) is 3.39. The smallest absolute Gasteiger partial charge is 0.250 e. The van der Waals surface area contributed by atoms with Crippen LogP contribution in [0.5, 0.6) is 0 Å². The van der Waals surface area contributed by atoms with Gasteiger partial charge in [-0.1, -0.05) is 35.3 Å². The van der Waals surface area contributed by atoms with Gasteiger partial charge in [0, 0.05) is 10.2 Å². The van der Waals surface area contributed by atoms with Gasteiger partial charge in [-0.25, -0.2) is 0 Å². The first kappa shape index (κ1) is 13.1. The highest BCUT2D eigenvalue weighted by atomic mass is 79.9. The Morgan fingerprint density at radius 3 is 2.89 bits per heavy atom. The van der Waals surface area contributed by atoms with Crippen molar-refractivity contribution in [3.63, 3.8) is 0 Å². The molecule has 1 saturated heterocycles. The van der Waals surface area contributed by atoms with Gasteiger partial charge in [-0.15, -0.1) is 0 Å². The van der Waals surface area contributed by atoms with Crippen LogP contribution in [-0.2, 0) is 9.59 Å². The van der Waals surface area contributed by atoms with E-state index in [9.17, 15) is 9.59 Å². The fourth-order valence-electron chi connectivity index (χ4n) is 2.06. The average molecular weight is 311 g/mol. The molecule has 1 aliphatic rings. The Morgan fingerprint density at radius 2 is 2.22 bits per heavy atom. The van der Waals surface area contributed by atoms with Crippen molar-refractivity contribution in [2.24, 2.45) is 0 Å². The number of amides is 2. The van der Waals surface area contributed by atoms with Gasteiger partial charge in [-0.2, -0.15) is 0 Å². The van der Waals surface area contributed by atoms with E-state index in [1.807, 2.05) is 31.2 Å². The van der Waals surface area contributed by atoms with Crippen molar-refractivity contribution in [1.29, 1.82) is 0 Å². The summed E-state index contributed by atoms with van der Waals surface area (Å²) in [6.45, 7) is 2.09. The summed E-state index contributed by atoms with van der Waals surface area (Å²) < 4.78 is 0.894. The minimum atomic E-state index is -0.393. The van der Waals surface area contributed by atoms with Crippen LogP contribution < -0.4 is 10.2 Å². The maximum Gasteiger partial charge on any atom is 0.250 e. The molecule has 0 aromatic heterocycles. The Hall–Kier alpha value is -1.36. The molecule has 18 heavy (non-hydrogen) atoms. The van der Waals surface area contributed by atoms with E-state index in [1.54, 1.807) is 4.90 Å². The van der Waals surface area contributed by atoms with Crippen molar-refractivity contribution >= 4 is 33.4 Å². The molecule has 96 valence electrons. The van der Waals surface area contributed by atoms with Gasteiger partial charge < -0.3 is 10.2 Å². The maximum absolute atomic E-state index is 12.3.